The molecule has 470 valence electrons. The monoisotopic (exact) mass is 1250 g/mol. The molecule has 0 unspecified atom stereocenters. The fraction of sp³-hybridized carbons (Fsp3) is 0.745. The maximum Gasteiger partial charge on any atom is 0.335 e. The minimum atomic E-state index is -3.10. The predicted molar refractivity (Wildman–Crippen MR) is 324 cm³/mol. The topological polar surface area (TPSA) is 298 Å². The van der Waals surface area contributed by atoms with Gasteiger partial charge in [0.1, 0.15) is 35.6 Å². The van der Waals surface area contributed by atoms with E-state index in [1.54, 1.807) is 15.2 Å². The normalized spacial score (nSPS) is 27.4. The molecule has 2 amide bonds. The number of nitrogens with zero attached hydrogens (tertiary/aromatic N) is 8. The zero-order valence-corrected chi connectivity index (χ0v) is 56.9. The average molecular weight is 1250 g/mol. The van der Waals surface area contributed by atoms with E-state index in [0.717, 1.165) is 0 Å². The SMILES string of the molecule is C=CC[C@]1(O)[C@@H]2O[Si](C(C)C)(C(C)C)O[Si](C(C)C)(C(C)C)OC[C@H]2O[C@H]1n1cnc2c(OC)nc(NC(C)=O)nc21.COc1nc(NC(C)=O)nc2c1ncn2[C@@H]1O[C@@H]2CO[Si](C(C)C)(C(C)C)O[Si](C(C)C)(C(C)C)O[C@H]2[C@@]1(O)CCO. The lowest BCUT2D eigenvalue weighted by Gasteiger charge is -2.52. The highest BCUT2D eigenvalue weighted by Crippen LogP contribution is 2.54. The number of carbonyl (C=O) groups excluding carboxylic acids is 2. The number of hydrogen-bond acceptors (Lipinski definition) is 21. The van der Waals surface area contributed by atoms with Gasteiger partial charge in [0, 0.05) is 33.3 Å². The maximum atomic E-state index is 12.6. The van der Waals surface area contributed by atoms with E-state index in [0.29, 0.717) is 16.7 Å². The third kappa shape index (κ3) is 12.0. The minimum Gasteiger partial charge on any atom is -0.479 e. The van der Waals surface area contributed by atoms with E-state index in [1.807, 2.05) is 0 Å². The van der Waals surface area contributed by atoms with Crippen molar-refractivity contribution in [1.82, 2.24) is 39.0 Å². The van der Waals surface area contributed by atoms with Crippen LogP contribution in [-0.2, 0) is 45.0 Å². The molecule has 0 aliphatic carbocycles. The molecule has 84 heavy (non-hydrogen) atoms. The number of fused-ring (bicyclic) bond motifs is 4. The molecule has 4 aromatic rings. The van der Waals surface area contributed by atoms with Gasteiger partial charge in [-0.2, -0.15) is 19.9 Å². The molecule has 4 aromatic heterocycles. The van der Waals surface area contributed by atoms with E-state index in [4.69, 9.17) is 44.9 Å². The minimum absolute atomic E-state index is 0.0204. The van der Waals surface area contributed by atoms with Gasteiger partial charge in [0.2, 0.25) is 35.5 Å². The van der Waals surface area contributed by atoms with Crippen LogP contribution >= 0.6 is 0 Å². The van der Waals surface area contributed by atoms with Crippen molar-refractivity contribution in [2.24, 2.45) is 0 Å². The Morgan fingerprint density at radius 2 is 0.964 bits per heavy atom. The number of ether oxygens (including phenoxy) is 4. The van der Waals surface area contributed by atoms with E-state index >= 15 is 0 Å². The standard InChI is InChI=1S/C28H47N5O7Si2.C27H47N5O8Si2/c1-12-13-28(35)23-21(14-37-41(16(2)3,17(4)5)40-42(39-23,18(6)7)19(8)9)38-26(28)33-15-29-22-24(33)31-27(30-20(10)34)32-25(22)36-11;1-15(2)41(16(3)4)37-13-20-22(39-42(40-41,17(5)6)18(7)8)27(35,11-12-33)25(38-20)32-14-28-21-23(32)30-26(29-19(9)34)31-24(21)36-10/h12,15-19,21,23,26,35H,1,13-14H2,2-11H3,(H,30,31,32,34);14-18,20,22,25,33,35H,11-13H2,1-10H3,(H,29,30,31,34)/t21-,23-,26-,28+;20-,22-,25-,27+/m11/s1. The number of aromatic nitrogens is 8. The molecule has 4 saturated heterocycles. The number of aliphatic hydroxyl groups excluding tert-OH is 1. The number of aliphatic hydroxyl groups is 3. The summed E-state index contributed by atoms with van der Waals surface area (Å²) in [5, 5.41) is 40.5. The van der Waals surface area contributed by atoms with Crippen LogP contribution < -0.4 is 20.1 Å². The summed E-state index contributed by atoms with van der Waals surface area (Å²) >= 11 is 0. The van der Waals surface area contributed by atoms with E-state index in [-0.39, 0.29) is 118 Å². The molecule has 8 rings (SSSR count). The van der Waals surface area contributed by atoms with Gasteiger partial charge >= 0.3 is 34.2 Å². The number of imidazole rings is 2. The second-order valence-electron chi connectivity index (χ2n) is 25.2. The van der Waals surface area contributed by atoms with Crippen LogP contribution in [0.3, 0.4) is 0 Å². The van der Waals surface area contributed by atoms with Crippen molar-refractivity contribution in [3.8, 4) is 11.8 Å². The van der Waals surface area contributed by atoms with E-state index in [9.17, 15) is 24.9 Å². The lowest BCUT2D eigenvalue weighted by Crippen LogP contribution is -2.67. The molecular weight excluding hydrogens is 1150 g/mol. The van der Waals surface area contributed by atoms with Crippen molar-refractivity contribution < 1.29 is 69.8 Å². The summed E-state index contributed by atoms with van der Waals surface area (Å²) in [6, 6.07) is 0. The van der Waals surface area contributed by atoms with Crippen molar-refractivity contribution in [2.75, 3.05) is 44.7 Å². The Bertz CT molecular complexity index is 2930. The Morgan fingerprint density at radius 1 is 0.619 bits per heavy atom. The molecule has 4 aliphatic rings. The lowest BCUT2D eigenvalue weighted by atomic mass is 9.90. The Kier molecular flexibility index (Phi) is 20.7. The number of carbonyl (C=O) groups is 2. The zero-order chi connectivity index (χ0) is 62.4. The molecule has 4 fully saturated rings. The quantitative estimate of drug-likeness (QED) is 0.0459. The first-order chi connectivity index (χ1) is 39.3. The van der Waals surface area contributed by atoms with Crippen molar-refractivity contribution in [3.63, 3.8) is 0 Å². The number of hydrogen-bond donors (Lipinski definition) is 5. The van der Waals surface area contributed by atoms with Crippen LogP contribution in [0.1, 0.15) is 150 Å². The summed E-state index contributed by atoms with van der Waals surface area (Å²) in [5.41, 5.74) is -1.15. The highest BCUT2D eigenvalue weighted by molar-refractivity contribution is 6.84. The van der Waals surface area contributed by atoms with Crippen molar-refractivity contribution >= 4 is 80.3 Å². The van der Waals surface area contributed by atoms with Gasteiger partial charge in [0.05, 0.1) is 40.1 Å². The average Bonchev–Trinajstić information content (AvgIpc) is 2.12. The van der Waals surface area contributed by atoms with Crippen LogP contribution in [0.15, 0.2) is 25.3 Å². The second-order valence-corrected chi connectivity index (χ2v) is 42.8. The Balaban J connectivity index is 0.000000241. The molecule has 8 heterocycles. The number of amides is 2. The van der Waals surface area contributed by atoms with Gasteiger partial charge in [0.25, 0.3) is 0 Å². The van der Waals surface area contributed by atoms with Gasteiger partial charge in [0.15, 0.2) is 34.8 Å². The first-order valence-electron chi connectivity index (χ1n) is 29.5. The van der Waals surface area contributed by atoms with Crippen LogP contribution in [0.4, 0.5) is 11.9 Å². The van der Waals surface area contributed by atoms with Crippen LogP contribution in [0.2, 0.25) is 44.3 Å². The van der Waals surface area contributed by atoms with Gasteiger partial charge < -0.3 is 60.2 Å². The van der Waals surface area contributed by atoms with Crippen molar-refractivity contribution in [3.05, 3.63) is 25.3 Å². The number of methoxy groups -OCH3 is 2. The molecule has 0 bridgehead atoms. The summed E-state index contributed by atoms with van der Waals surface area (Å²) < 4.78 is 70.1. The summed E-state index contributed by atoms with van der Waals surface area (Å²) in [7, 11) is -8.90. The van der Waals surface area contributed by atoms with Gasteiger partial charge in [-0.25, -0.2) is 9.97 Å². The third-order valence-electron chi connectivity index (χ3n) is 17.0. The summed E-state index contributed by atoms with van der Waals surface area (Å²) in [6.07, 6.45) is -0.145. The molecule has 4 aliphatic heterocycles. The van der Waals surface area contributed by atoms with Gasteiger partial charge in [-0.3, -0.25) is 29.4 Å². The molecule has 8 atom stereocenters. The first-order valence-corrected chi connectivity index (χ1v) is 37.3. The lowest BCUT2D eigenvalue weighted by molar-refractivity contribution is -0.116. The Hall–Kier alpha value is -4.19. The van der Waals surface area contributed by atoms with Crippen molar-refractivity contribution in [2.45, 2.75) is 230 Å². The van der Waals surface area contributed by atoms with Crippen LogP contribution in [0, 0.1) is 0 Å². The van der Waals surface area contributed by atoms with Crippen molar-refractivity contribution in [1.29, 1.82) is 0 Å². The molecule has 0 spiro atoms. The highest BCUT2D eigenvalue weighted by Gasteiger charge is 2.68. The molecule has 29 heteroatoms. The summed E-state index contributed by atoms with van der Waals surface area (Å²) in [6.45, 7) is 40.9. The van der Waals surface area contributed by atoms with E-state index in [2.05, 4.69) is 158 Å². The van der Waals surface area contributed by atoms with Gasteiger partial charge in [-0.15, -0.1) is 6.58 Å². The summed E-state index contributed by atoms with van der Waals surface area (Å²) in [4.78, 5) is 50.1. The zero-order valence-electron chi connectivity index (χ0n) is 52.9. The molecule has 0 radical (unpaired) electrons. The van der Waals surface area contributed by atoms with Gasteiger partial charge in [-0.1, -0.05) is 117 Å². The highest BCUT2D eigenvalue weighted by atomic mass is 28.5. The molecule has 0 saturated carbocycles. The third-order valence-corrected chi connectivity index (χ3v) is 37.5. The molecule has 25 nitrogen and oxygen atoms in total. The number of nitrogens with one attached hydrogen (secondary N) is 2. The number of rotatable bonds is 18. The predicted octanol–water partition coefficient (Wildman–Crippen LogP) is 8.71. The Labute approximate surface area is 498 Å². The first kappa shape index (κ1) is 67.3. The number of anilines is 2. The van der Waals surface area contributed by atoms with Crippen LogP contribution in [-0.4, -0.2) is 170 Å². The van der Waals surface area contributed by atoms with Gasteiger partial charge in [-0.05, 0) is 44.3 Å². The molecular formula is C55H94N10O15Si4. The largest absolute Gasteiger partial charge is 0.479 e. The Morgan fingerprint density at radius 3 is 1.27 bits per heavy atom. The fourth-order valence-corrected chi connectivity index (χ4v) is 35.3. The second kappa shape index (κ2) is 25.9. The van der Waals surface area contributed by atoms with Crippen LogP contribution in [0.25, 0.3) is 22.3 Å². The van der Waals surface area contributed by atoms with Crippen LogP contribution in [0.5, 0.6) is 11.8 Å². The molecule has 0 aromatic carbocycles. The fourth-order valence-electron chi connectivity index (χ4n) is 12.8. The maximum absolute atomic E-state index is 12.6. The van der Waals surface area contributed by atoms with E-state index in [1.165, 1.54) is 40.7 Å². The molecule has 5 N–H and O–H groups in total. The van der Waals surface area contributed by atoms with E-state index < -0.39 is 82.3 Å². The summed E-state index contributed by atoms with van der Waals surface area (Å²) in [5.74, 6) is -0.283. The smallest absolute Gasteiger partial charge is 0.335 e.